The molecule has 0 bridgehead atoms. The van der Waals surface area contributed by atoms with Crippen molar-refractivity contribution < 1.29 is 4.79 Å². The lowest BCUT2D eigenvalue weighted by Gasteiger charge is -2.25. The van der Waals surface area contributed by atoms with E-state index in [0.717, 1.165) is 44.8 Å². The molecule has 1 amide bonds. The Balaban J connectivity index is 2.38. The second kappa shape index (κ2) is 8.52. The van der Waals surface area contributed by atoms with Crippen LogP contribution in [0.1, 0.15) is 59.3 Å². The Morgan fingerprint density at radius 2 is 2.11 bits per heavy atom. The van der Waals surface area contributed by atoms with E-state index >= 15 is 0 Å². The Labute approximate surface area is 112 Å². The minimum absolute atomic E-state index is 0.360. The molecule has 1 fully saturated rings. The molecule has 2 unspecified atom stereocenters. The minimum atomic E-state index is 0.360. The number of rotatable bonds is 7. The first-order chi connectivity index (χ1) is 8.67. The van der Waals surface area contributed by atoms with E-state index in [1.807, 2.05) is 0 Å². The highest BCUT2D eigenvalue weighted by Gasteiger charge is 2.22. The molecule has 1 saturated heterocycles. The van der Waals surface area contributed by atoms with Gasteiger partial charge in [-0.25, -0.2) is 0 Å². The van der Waals surface area contributed by atoms with Gasteiger partial charge >= 0.3 is 0 Å². The van der Waals surface area contributed by atoms with Gasteiger partial charge in [0.2, 0.25) is 5.91 Å². The van der Waals surface area contributed by atoms with Crippen molar-refractivity contribution in [1.82, 2.24) is 10.2 Å². The van der Waals surface area contributed by atoms with E-state index in [4.69, 9.17) is 0 Å². The van der Waals surface area contributed by atoms with Crippen LogP contribution in [0.2, 0.25) is 0 Å². The zero-order valence-corrected chi connectivity index (χ0v) is 12.4. The van der Waals surface area contributed by atoms with Gasteiger partial charge in [0.05, 0.1) is 0 Å². The van der Waals surface area contributed by atoms with Crippen LogP contribution in [0.5, 0.6) is 0 Å². The molecule has 0 spiro atoms. The van der Waals surface area contributed by atoms with Gasteiger partial charge in [-0.1, -0.05) is 26.7 Å². The molecule has 0 aromatic carbocycles. The highest BCUT2D eigenvalue weighted by atomic mass is 16.2. The zero-order valence-electron chi connectivity index (χ0n) is 12.4. The molecule has 106 valence electrons. The van der Waals surface area contributed by atoms with E-state index in [-0.39, 0.29) is 0 Å². The van der Waals surface area contributed by atoms with Crippen LogP contribution in [0, 0.1) is 5.92 Å². The summed E-state index contributed by atoms with van der Waals surface area (Å²) >= 11 is 0. The first kappa shape index (κ1) is 15.5. The molecule has 0 saturated carbocycles. The summed E-state index contributed by atoms with van der Waals surface area (Å²) in [6.07, 6.45) is 6.72. The fraction of sp³-hybridized carbons (Fsp3) is 0.933. The number of carbonyl (C=O) groups is 1. The van der Waals surface area contributed by atoms with Crippen LogP contribution in [0.25, 0.3) is 0 Å². The average molecular weight is 254 g/mol. The standard InChI is InChI=1S/C15H30N2O/c1-4-6-14-7-8-15(18)17(11-9-14)12-13(3)16-10-5-2/h13-14,16H,4-12H2,1-3H3. The Morgan fingerprint density at radius 3 is 2.78 bits per heavy atom. The number of amides is 1. The third-order valence-electron chi connectivity index (χ3n) is 3.86. The molecular formula is C15H30N2O. The maximum atomic E-state index is 12.1. The van der Waals surface area contributed by atoms with Crippen LogP contribution >= 0.6 is 0 Å². The van der Waals surface area contributed by atoms with Gasteiger partial charge in [0.25, 0.3) is 0 Å². The number of nitrogens with one attached hydrogen (secondary N) is 1. The zero-order chi connectivity index (χ0) is 13.4. The van der Waals surface area contributed by atoms with Crippen LogP contribution in [0.3, 0.4) is 0 Å². The fourth-order valence-electron chi connectivity index (χ4n) is 2.77. The van der Waals surface area contributed by atoms with E-state index in [9.17, 15) is 4.79 Å². The second-order valence-electron chi connectivity index (χ2n) is 5.68. The SMILES string of the molecule is CCCNC(C)CN1CCC(CCC)CCC1=O. The normalized spacial score (nSPS) is 22.9. The van der Waals surface area contributed by atoms with Gasteiger partial charge < -0.3 is 10.2 Å². The largest absolute Gasteiger partial charge is 0.341 e. The Kier molecular flexibility index (Phi) is 7.33. The predicted octanol–water partition coefficient (Wildman–Crippen LogP) is 2.80. The van der Waals surface area contributed by atoms with Crippen LogP contribution < -0.4 is 5.32 Å². The Hall–Kier alpha value is -0.570. The number of hydrogen-bond acceptors (Lipinski definition) is 2. The van der Waals surface area contributed by atoms with E-state index in [1.54, 1.807) is 0 Å². The molecule has 0 aliphatic carbocycles. The van der Waals surface area contributed by atoms with Crippen molar-refractivity contribution in [1.29, 1.82) is 0 Å². The number of hydrogen-bond donors (Lipinski definition) is 1. The number of likely N-dealkylation sites (tertiary alicyclic amines) is 1. The van der Waals surface area contributed by atoms with Crippen LogP contribution in [0.4, 0.5) is 0 Å². The lowest BCUT2D eigenvalue weighted by molar-refractivity contribution is -0.131. The molecule has 3 nitrogen and oxygen atoms in total. The fourth-order valence-corrected chi connectivity index (χ4v) is 2.77. The molecule has 0 aromatic heterocycles. The molecule has 18 heavy (non-hydrogen) atoms. The number of carbonyl (C=O) groups excluding carboxylic acids is 1. The van der Waals surface area contributed by atoms with Gasteiger partial charge in [-0.15, -0.1) is 0 Å². The monoisotopic (exact) mass is 254 g/mol. The molecule has 3 heteroatoms. The van der Waals surface area contributed by atoms with Gasteiger partial charge in [-0.05, 0) is 38.6 Å². The molecule has 0 aromatic rings. The predicted molar refractivity (Wildman–Crippen MR) is 76.6 cm³/mol. The molecule has 2 atom stereocenters. The lowest BCUT2D eigenvalue weighted by atomic mass is 9.96. The van der Waals surface area contributed by atoms with E-state index in [0.29, 0.717) is 11.9 Å². The van der Waals surface area contributed by atoms with Gasteiger partial charge in [-0.2, -0.15) is 0 Å². The van der Waals surface area contributed by atoms with E-state index < -0.39 is 0 Å². The first-order valence-corrected chi connectivity index (χ1v) is 7.68. The third-order valence-corrected chi connectivity index (χ3v) is 3.86. The van der Waals surface area contributed by atoms with Crippen molar-refractivity contribution in [3.8, 4) is 0 Å². The average Bonchev–Trinajstić information content (AvgIpc) is 2.52. The smallest absolute Gasteiger partial charge is 0.222 e. The van der Waals surface area contributed by atoms with E-state index in [2.05, 4.69) is 31.0 Å². The quantitative estimate of drug-likeness (QED) is 0.757. The highest BCUT2D eigenvalue weighted by molar-refractivity contribution is 5.76. The molecule has 1 aliphatic heterocycles. The highest BCUT2D eigenvalue weighted by Crippen LogP contribution is 2.22. The Morgan fingerprint density at radius 1 is 1.33 bits per heavy atom. The summed E-state index contributed by atoms with van der Waals surface area (Å²) in [5.74, 6) is 1.13. The molecule has 1 aliphatic rings. The molecule has 0 radical (unpaired) electrons. The van der Waals surface area contributed by atoms with Gasteiger partial charge in [0.15, 0.2) is 0 Å². The topological polar surface area (TPSA) is 32.3 Å². The summed E-state index contributed by atoms with van der Waals surface area (Å²) in [5.41, 5.74) is 0. The van der Waals surface area contributed by atoms with Crippen LogP contribution in [0.15, 0.2) is 0 Å². The minimum Gasteiger partial charge on any atom is -0.341 e. The maximum Gasteiger partial charge on any atom is 0.222 e. The van der Waals surface area contributed by atoms with Gasteiger partial charge in [0, 0.05) is 25.6 Å². The van der Waals surface area contributed by atoms with Crippen LogP contribution in [-0.2, 0) is 4.79 Å². The van der Waals surface area contributed by atoms with Gasteiger partial charge in [0.1, 0.15) is 0 Å². The molecule has 1 N–H and O–H groups in total. The summed E-state index contributed by atoms with van der Waals surface area (Å²) < 4.78 is 0. The summed E-state index contributed by atoms with van der Waals surface area (Å²) in [5, 5.41) is 3.46. The summed E-state index contributed by atoms with van der Waals surface area (Å²) in [6.45, 7) is 9.46. The maximum absolute atomic E-state index is 12.1. The molecule has 1 heterocycles. The molecular weight excluding hydrogens is 224 g/mol. The van der Waals surface area contributed by atoms with E-state index in [1.165, 1.54) is 19.3 Å². The first-order valence-electron chi connectivity index (χ1n) is 7.68. The summed E-state index contributed by atoms with van der Waals surface area (Å²) in [4.78, 5) is 14.1. The van der Waals surface area contributed by atoms with Crippen molar-refractivity contribution in [2.24, 2.45) is 5.92 Å². The van der Waals surface area contributed by atoms with Gasteiger partial charge in [-0.3, -0.25) is 4.79 Å². The molecule has 1 rings (SSSR count). The Bertz CT molecular complexity index is 243. The third kappa shape index (κ3) is 5.38. The summed E-state index contributed by atoms with van der Waals surface area (Å²) in [6, 6.07) is 0.414. The number of nitrogens with zero attached hydrogens (tertiary/aromatic N) is 1. The van der Waals surface area contributed by atoms with Crippen molar-refractivity contribution >= 4 is 5.91 Å². The lowest BCUT2D eigenvalue weighted by Crippen LogP contribution is -2.42. The van der Waals surface area contributed by atoms with Crippen molar-refractivity contribution in [2.75, 3.05) is 19.6 Å². The van der Waals surface area contributed by atoms with Crippen molar-refractivity contribution in [2.45, 2.75) is 65.3 Å². The van der Waals surface area contributed by atoms with Crippen molar-refractivity contribution in [3.05, 3.63) is 0 Å². The van der Waals surface area contributed by atoms with Crippen molar-refractivity contribution in [3.63, 3.8) is 0 Å². The second-order valence-corrected chi connectivity index (χ2v) is 5.68. The summed E-state index contributed by atoms with van der Waals surface area (Å²) in [7, 11) is 0. The van der Waals surface area contributed by atoms with Crippen LogP contribution in [-0.4, -0.2) is 36.5 Å².